The molecule has 1 aromatic rings. The van der Waals surface area contributed by atoms with Crippen LogP contribution in [0.2, 0.25) is 0 Å². The van der Waals surface area contributed by atoms with Gasteiger partial charge >= 0.3 is 0 Å². The van der Waals surface area contributed by atoms with Crippen LogP contribution in [0.15, 0.2) is 22.7 Å². The Labute approximate surface area is 136 Å². The summed E-state index contributed by atoms with van der Waals surface area (Å²) >= 11 is 3.50. The highest BCUT2D eigenvalue weighted by atomic mass is 79.9. The third-order valence-corrected chi connectivity index (χ3v) is 3.44. The SMILES string of the molecule is CCCCOCCOc1ccc(Br)cc1CNCCOC. The molecule has 0 spiro atoms. The van der Waals surface area contributed by atoms with E-state index in [0.29, 0.717) is 19.8 Å². The third-order valence-electron chi connectivity index (χ3n) is 2.95. The second-order valence-electron chi connectivity index (χ2n) is 4.74. The van der Waals surface area contributed by atoms with Gasteiger partial charge in [0.15, 0.2) is 0 Å². The standard InChI is InChI=1S/C16H26BrNO3/c1-3-4-8-20-10-11-21-16-6-5-15(17)12-14(16)13-18-7-9-19-2/h5-6,12,18H,3-4,7-11,13H2,1-2H3. The Kier molecular flexibility index (Phi) is 10.5. The summed E-state index contributed by atoms with van der Waals surface area (Å²) in [6.45, 7) is 6.46. The van der Waals surface area contributed by atoms with E-state index in [0.717, 1.165) is 48.3 Å². The van der Waals surface area contributed by atoms with Gasteiger partial charge < -0.3 is 19.5 Å². The number of methoxy groups -OCH3 is 1. The molecule has 120 valence electrons. The largest absolute Gasteiger partial charge is 0.491 e. The van der Waals surface area contributed by atoms with Gasteiger partial charge in [-0.05, 0) is 24.6 Å². The summed E-state index contributed by atoms with van der Waals surface area (Å²) < 4.78 is 17.4. The molecule has 0 aliphatic heterocycles. The van der Waals surface area contributed by atoms with Gasteiger partial charge in [-0.2, -0.15) is 0 Å². The Morgan fingerprint density at radius 3 is 2.76 bits per heavy atom. The van der Waals surface area contributed by atoms with E-state index in [9.17, 15) is 0 Å². The molecule has 0 amide bonds. The van der Waals surface area contributed by atoms with Gasteiger partial charge in [-0.15, -0.1) is 0 Å². The van der Waals surface area contributed by atoms with Crippen molar-refractivity contribution in [2.75, 3.05) is 40.1 Å². The lowest BCUT2D eigenvalue weighted by Gasteiger charge is -2.13. The van der Waals surface area contributed by atoms with E-state index in [1.54, 1.807) is 7.11 Å². The molecular formula is C16H26BrNO3. The van der Waals surface area contributed by atoms with E-state index in [1.807, 2.05) is 12.1 Å². The van der Waals surface area contributed by atoms with E-state index in [4.69, 9.17) is 14.2 Å². The lowest BCUT2D eigenvalue weighted by Crippen LogP contribution is -2.19. The number of benzene rings is 1. The first-order valence-corrected chi connectivity index (χ1v) is 8.25. The molecule has 0 aromatic heterocycles. The van der Waals surface area contributed by atoms with Crippen LogP contribution in [0.5, 0.6) is 5.75 Å². The molecule has 21 heavy (non-hydrogen) atoms. The summed E-state index contributed by atoms with van der Waals surface area (Å²) in [7, 11) is 1.70. The predicted octanol–water partition coefficient (Wildman–Crippen LogP) is 3.38. The first-order valence-electron chi connectivity index (χ1n) is 7.46. The summed E-state index contributed by atoms with van der Waals surface area (Å²) in [4.78, 5) is 0. The molecule has 0 atom stereocenters. The highest BCUT2D eigenvalue weighted by Crippen LogP contribution is 2.23. The zero-order valence-electron chi connectivity index (χ0n) is 13.0. The van der Waals surface area contributed by atoms with Crippen LogP contribution >= 0.6 is 15.9 Å². The summed E-state index contributed by atoms with van der Waals surface area (Å²) in [6.07, 6.45) is 2.26. The molecule has 5 heteroatoms. The fourth-order valence-corrected chi connectivity index (χ4v) is 2.19. The topological polar surface area (TPSA) is 39.7 Å². The average molecular weight is 360 g/mol. The van der Waals surface area contributed by atoms with Crippen molar-refractivity contribution in [1.29, 1.82) is 0 Å². The number of unbranched alkanes of at least 4 members (excludes halogenated alkanes) is 1. The maximum Gasteiger partial charge on any atom is 0.123 e. The van der Waals surface area contributed by atoms with Crippen LogP contribution in [0.4, 0.5) is 0 Å². The highest BCUT2D eigenvalue weighted by molar-refractivity contribution is 9.10. The first kappa shape index (κ1) is 18.4. The molecule has 0 aliphatic carbocycles. The Balaban J connectivity index is 2.37. The van der Waals surface area contributed by atoms with Crippen molar-refractivity contribution in [3.8, 4) is 5.75 Å². The first-order chi connectivity index (χ1) is 10.3. The van der Waals surface area contributed by atoms with Gasteiger partial charge in [0, 0.05) is 36.8 Å². The number of hydrogen-bond acceptors (Lipinski definition) is 4. The number of nitrogens with one attached hydrogen (secondary N) is 1. The van der Waals surface area contributed by atoms with E-state index in [2.05, 4.69) is 34.2 Å². The highest BCUT2D eigenvalue weighted by Gasteiger charge is 2.04. The van der Waals surface area contributed by atoms with Gasteiger partial charge in [0.1, 0.15) is 12.4 Å². The van der Waals surface area contributed by atoms with Crippen molar-refractivity contribution in [2.45, 2.75) is 26.3 Å². The maximum absolute atomic E-state index is 5.81. The van der Waals surface area contributed by atoms with Crippen LogP contribution in [0, 0.1) is 0 Å². The number of hydrogen-bond donors (Lipinski definition) is 1. The molecule has 4 nitrogen and oxygen atoms in total. The Hall–Kier alpha value is -0.620. The maximum atomic E-state index is 5.81. The molecule has 0 unspecified atom stereocenters. The van der Waals surface area contributed by atoms with Crippen molar-refractivity contribution >= 4 is 15.9 Å². The Morgan fingerprint density at radius 2 is 2.00 bits per heavy atom. The minimum absolute atomic E-state index is 0.580. The molecule has 0 heterocycles. The Morgan fingerprint density at radius 1 is 1.14 bits per heavy atom. The predicted molar refractivity (Wildman–Crippen MR) is 88.9 cm³/mol. The molecule has 1 aromatic carbocycles. The van der Waals surface area contributed by atoms with Gasteiger partial charge in [0.25, 0.3) is 0 Å². The summed E-state index contributed by atoms with van der Waals surface area (Å²) in [6, 6.07) is 6.06. The smallest absolute Gasteiger partial charge is 0.123 e. The van der Waals surface area contributed by atoms with Crippen LogP contribution in [0.1, 0.15) is 25.3 Å². The summed E-state index contributed by atoms with van der Waals surface area (Å²) in [5.41, 5.74) is 1.13. The summed E-state index contributed by atoms with van der Waals surface area (Å²) in [5.74, 6) is 0.905. The zero-order chi connectivity index (χ0) is 15.3. The van der Waals surface area contributed by atoms with Crippen LogP contribution in [0.25, 0.3) is 0 Å². The molecule has 1 rings (SSSR count). The number of halogens is 1. The third kappa shape index (κ3) is 8.41. The van der Waals surface area contributed by atoms with Crippen molar-refractivity contribution in [3.63, 3.8) is 0 Å². The molecular weight excluding hydrogens is 334 g/mol. The second kappa shape index (κ2) is 12.0. The van der Waals surface area contributed by atoms with Gasteiger partial charge in [-0.3, -0.25) is 0 Å². The quantitative estimate of drug-likeness (QED) is 0.580. The normalized spacial score (nSPS) is 10.8. The number of rotatable bonds is 12. The molecule has 0 aliphatic rings. The van der Waals surface area contributed by atoms with Crippen molar-refractivity contribution < 1.29 is 14.2 Å². The minimum Gasteiger partial charge on any atom is -0.491 e. The van der Waals surface area contributed by atoms with Crippen LogP contribution in [0.3, 0.4) is 0 Å². The van der Waals surface area contributed by atoms with Gasteiger partial charge in [-0.1, -0.05) is 29.3 Å². The zero-order valence-corrected chi connectivity index (χ0v) is 14.6. The van der Waals surface area contributed by atoms with Gasteiger partial charge in [0.2, 0.25) is 0 Å². The number of ether oxygens (including phenoxy) is 3. The van der Waals surface area contributed by atoms with E-state index in [-0.39, 0.29) is 0 Å². The van der Waals surface area contributed by atoms with E-state index in [1.165, 1.54) is 0 Å². The average Bonchev–Trinajstić information content (AvgIpc) is 2.49. The fraction of sp³-hybridized carbons (Fsp3) is 0.625. The molecule has 0 bridgehead atoms. The Bertz CT molecular complexity index is 388. The molecule has 0 radical (unpaired) electrons. The van der Waals surface area contributed by atoms with Gasteiger partial charge in [0.05, 0.1) is 13.2 Å². The van der Waals surface area contributed by atoms with Crippen molar-refractivity contribution in [2.24, 2.45) is 0 Å². The molecule has 0 fully saturated rings. The lowest BCUT2D eigenvalue weighted by molar-refractivity contribution is 0.0977. The second-order valence-corrected chi connectivity index (χ2v) is 5.65. The van der Waals surface area contributed by atoms with Crippen LogP contribution < -0.4 is 10.1 Å². The van der Waals surface area contributed by atoms with E-state index < -0.39 is 0 Å². The van der Waals surface area contributed by atoms with Crippen LogP contribution in [-0.4, -0.2) is 40.1 Å². The summed E-state index contributed by atoms with van der Waals surface area (Å²) in [5, 5.41) is 3.33. The van der Waals surface area contributed by atoms with Crippen molar-refractivity contribution in [1.82, 2.24) is 5.32 Å². The van der Waals surface area contributed by atoms with Crippen molar-refractivity contribution in [3.05, 3.63) is 28.2 Å². The lowest BCUT2D eigenvalue weighted by atomic mass is 10.2. The van der Waals surface area contributed by atoms with Gasteiger partial charge in [-0.25, -0.2) is 0 Å². The fourth-order valence-electron chi connectivity index (χ4n) is 1.78. The molecule has 0 saturated carbocycles. The molecule has 0 saturated heterocycles. The monoisotopic (exact) mass is 359 g/mol. The van der Waals surface area contributed by atoms with E-state index >= 15 is 0 Å². The molecule has 1 N–H and O–H groups in total. The minimum atomic E-state index is 0.580. The van der Waals surface area contributed by atoms with Crippen LogP contribution in [-0.2, 0) is 16.0 Å².